The number of anilines is 1. The minimum absolute atomic E-state index is 0.140. The predicted octanol–water partition coefficient (Wildman–Crippen LogP) is 3.51. The highest BCUT2D eigenvalue weighted by molar-refractivity contribution is 5.72. The zero-order chi connectivity index (χ0) is 14.5. The minimum atomic E-state index is -0.140. The Kier molecular flexibility index (Phi) is 4.74. The molecule has 1 aromatic heterocycles. The van der Waals surface area contributed by atoms with E-state index in [1.807, 2.05) is 38.2 Å². The van der Waals surface area contributed by atoms with Crippen molar-refractivity contribution in [3.05, 3.63) is 30.1 Å². The SMILES string of the molecule is CCOC(c1noc(-c2ccccc2NC)n1)C(C)C. The maximum absolute atomic E-state index is 5.69. The molecule has 5 heteroatoms. The molecule has 0 aliphatic carbocycles. The summed E-state index contributed by atoms with van der Waals surface area (Å²) in [6.07, 6.45) is -0.140. The fraction of sp³-hybridized carbons (Fsp3) is 0.467. The second-order valence-corrected chi connectivity index (χ2v) is 4.87. The molecule has 0 bridgehead atoms. The van der Waals surface area contributed by atoms with Crippen LogP contribution in [-0.2, 0) is 4.74 Å². The monoisotopic (exact) mass is 275 g/mol. The van der Waals surface area contributed by atoms with Gasteiger partial charge in [-0.3, -0.25) is 0 Å². The van der Waals surface area contributed by atoms with E-state index in [0.29, 0.717) is 24.2 Å². The molecule has 0 saturated carbocycles. The molecule has 1 atom stereocenters. The lowest BCUT2D eigenvalue weighted by Gasteiger charge is -2.16. The van der Waals surface area contributed by atoms with Crippen molar-refractivity contribution in [3.63, 3.8) is 0 Å². The third-order valence-corrected chi connectivity index (χ3v) is 3.07. The summed E-state index contributed by atoms with van der Waals surface area (Å²) in [5, 5.41) is 7.19. The van der Waals surface area contributed by atoms with Crippen LogP contribution in [-0.4, -0.2) is 23.8 Å². The van der Waals surface area contributed by atoms with Crippen molar-refractivity contribution in [3.8, 4) is 11.5 Å². The van der Waals surface area contributed by atoms with Crippen LogP contribution in [0.2, 0.25) is 0 Å². The number of aromatic nitrogens is 2. The first-order valence-corrected chi connectivity index (χ1v) is 6.89. The lowest BCUT2D eigenvalue weighted by atomic mass is 10.1. The van der Waals surface area contributed by atoms with Gasteiger partial charge in [-0.2, -0.15) is 4.98 Å². The highest BCUT2D eigenvalue weighted by Crippen LogP contribution is 2.29. The lowest BCUT2D eigenvalue weighted by Crippen LogP contribution is -2.12. The molecule has 1 unspecified atom stereocenters. The summed E-state index contributed by atoms with van der Waals surface area (Å²) in [5.41, 5.74) is 1.85. The number of ether oxygens (including phenoxy) is 1. The Balaban J connectivity index is 2.32. The Morgan fingerprint density at radius 2 is 2.05 bits per heavy atom. The van der Waals surface area contributed by atoms with Gasteiger partial charge in [-0.25, -0.2) is 0 Å². The first kappa shape index (κ1) is 14.5. The van der Waals surface area contributed by atoms with E-state index in [1.54, 1.807) is 0 Å². The third-order valence-electron chi connectivity index (χ3n) is 3.07. The van der Waals surface area contributed by atoms with E-state index < -0.39 is 0 Å². The topological polar surface area (TPSA) is 60.2 Å². The molecule has 0 radical (unpaired) electrons. The quantitative estimate of drug-likeness (QED) is 0.874. The molecule has 0 aliphatic rings. The van der Waals surface area contributed by atoms with E-state index in [1.165, 1.54) is 0 Å². The highest BCUT2D eigenvalue weighted by Gasteiger charge is 2.23. The van der Waals surface area contributed by atoms with Gasteiger partial charge in [0.25, 0.3) is 5.89 Å². The van der Waals surface area contributed by atoms with Gasteiger partial charge < -0.3 is 14.6 Å². The third kappa shape index (κ3) is 2.99. The predicted molar refractivity (Wildman–Crippen MR) is 78.5 cm³/mol. The van der Waals surface area contributed by atoms with Crippen LogP contribution in [0.5, 0.6) is 0 Å². The van der Waals surface area contributed by atoms with Gasteiger partial charge in [0.2, 0.25) is 5.82 Å². The van der Waals surface area contributed by atoms with E-state index >= 15 is 0 Å². The van der Waals surface area contributed by atoms with Gasteiger partial charge in [0.1, 0.15) is 6.10 Å². The summed E-state index contributed by atoms with van der Waals surface area (Å²) >= 11 is 0. The van der Waals surface area contributed by atoms with Gasteiger partial charge in [-0.15, -0.1) is 0 Å². The second-order valence-electron chi connectivity index (χ2n) is 4.87. The lowest BCUT2D eigenvalue weighted by molar-refractivity contribution is 0.0217. The van der Waals surface area contributed by atoms with Gasteiger partial charge in [-0.1, -0.05) is 31.1 Å². The molecule has 2 rings (SSSR count). The molecule has 5 nitrogen and oxygen atoms in total. The Hall–Kier alpha value is -1.88. The van der Waals surface area contributed by atoms with E-state index in [0.717, 1.165) is 11.3 Å². The van der Waals surface area contributed by atoms with Crippen molar-refractivity contribution < 1.29 is 9.26 Å². The summed E-state index contributed by atoms with van der Waals surface area (Å²) in [4.78, 5) is 4.49. The standard InChI is InChI=1S/C15H21N3O2/c1-5-19-13(10(2)3)14-17-15(20-18-14)11-8-6-7-9-12(11)16-4/h6-10,13,16H,5H2,1-4H3. The van der Waals surface area contributed by atoms with E-state index in [-0.39, 0.29) is 6.10 Å². The summed E-state index contributed by atoms with van der Waals surface area (Å²) < 4.78 is 11.1. The average molecular weight is 275 g/mol. The smallest absolute Gasteiger partial charge is 0.260 e. The minimum Gasteiger partial charge on any atom is -0.387 e. The molecule has 0 amide bonds. The van der Waals surface area contributed by atoms with Crippen LogP contribution < -0.4 is 5.32 Å². The van der Waals surface area contributed by atoms with E-state index in [2.05, 4.69) is 29.3 Å². The molecule has 1 N–H and O–H groups in total. The largest absolute Gasteiger partial charge is 0.387 e. The fourth-order valence-electron chi connectivity index (χ4n) is 2.09. The van der Waals surface area contributed by atoms with Gasteiger partial charge in [0.05, 0.1) is 5.56 Å². The number of rotatable bonds is 6. The molecule has 0 aliphatic heterocycles. The zero-order valence-corrected chi connectivity index (χ0v) is 12.4. The van der Waals surface area contributed by atoms with Crippen LogP contribution in [0.3, 0.4) is 0 Å². The van der Waals surface area contributed by atoms with Crippen molar-refractivity contribution in [2.45, 2.75) is 26.9 Å². The maximum Gasteiger partial charge on any atom is 0.260 e. The first-order valence-electron chi connectivity index (χ1n) is 6.89. The molecular weight excluding hydrogens is 254 g/mol. The van der Waals surface area contributed by atoms with E-state index in [9.17, 15) is 0 Å². The van der Waals surface area contributed by atoms with Crippen LogP contribution in [0.1, 0.15) is 32.7 Å². The molecule has 2 aromatic rings. The number of benzene rings is 1. The fourth-order valence-corrected chi connectivity index (χ4v) is 2.09. The Labute approximate surface area is 119 Å². The maximum atomic E-state index is 5.69. The molecule has 108 valence electrons. The van der Waals surface area contributed by atoms with Gasteiger partial charge in [0, 0.05) is 19.3 Å². The number of nitrogens with zero attached hydrogens (tertiary/aromatic N) is 2. The number of nitrogens with one attached hydrogen (secondary N) is 1. The molecule has 0 saturated heterocycles. The Bertz CT molecular complexity index is 552. The summed E-state index contributed by atoms with van der Waals surface area (Å²) in [5.74, 6) is 1.40. The van der Waals surface area contributed by atoms with Crippen LogP contribution >= 0.6 is 0 Å². The number of hydrogen-bond acceptors (Lipinski definition) is 5. The van der Waals surface area contributed by atoms with Gasteiger partial charge in [0.15, 0.2) is 0 Å². The number of hydrogen-bond donors (Lipinski definition) is 1. The van der Waals surface area contributed by atoms with Crippen molar-refractivity contribution in [1.82, 2.24) is 10.1 Å². The molecule has 0 fully saturated rings. The zero-order valence-electron chi connectivity index (χ0n) is 12.4. The molecule has 1 aromatic carbocycles. The Morgan fingerprint density at radius 1 is 1.30 bits per heavy atom. The number of para-hydroxylation sites is 1. The Morgan fingerprint density at radius 3 is 2.70 bits per heavy atom. The normalized spacial score (nSPS) is 12.7. The highest BCUT2D eigenvalue weighted by atomic mass is 16.5. The molecule has 0 spiro atoms. The second kappa shape index (κ2) is 6.52. The van der Waals surface area contributed by atoms with Crippen molar-refractivity contribution >= 4 is 5.69 Å². The summed E-state index contributed by atoms with van der Waals surface area (Å²) in [7, 11) is 1.87. The average Bonchev–Trinajstić information content (AvgIpc) is 2.93. The van der Waals surface area contributed by atoms with Crippen LogP contribution in [0, 0.1) is 5.92 Å². The molecular formula is C15H21N3O2. The molecule has 20 heavy (non-hydrogen) atoms. The summed E-state index contributed by atoms with van der Waals surface area (Å²) in [6, 6.07) is 7.84. The van der Waals surface area contributed by atoms with Crippen molar-refractivity contribution in [2.75, 3.05) is 19.0 Å². The van der Waals surface area contributed by atoms with Gasteiger partial charge >= 0.3 is 0 Å². The van der Waals surface area contributed by atoms with Crippen LogP contribution in [0.4, 0.5) is 5.69 Å². The molecule has 1 heterocycles. The van der Waals surface area contributed by atoms with Crippen molar-refractivity contribution in [1.29, 1.82) is 0 Å². The van der Waals surface area contributed by atoms with E-state index in [4.69, 9.17) is 9.26 Å². The van der Waals surface area contributed by atoms with Gasteiger partial charge in [-0.05, 0) is 25.0 Å². The van der Waals surface area contributed by atoms with Crippen LogP contribution in [0.15, 0.2) is 28.8 Å². The van der Waals surface area contributed by atoms with Crippen LogP contribution in [0.25, 0.3) is 11.5 Å². The first-order chi connectivity index (χ1) is 9.67. The summed E-state index contributed by atoms with van der Waals surface area (Å²) in [6.45, 7) is 6.75. The van der Waals surface area contributed by atoms with Crippen molar-refractivity contribution in [2.24, 2.45) is 5.92 Å².